The monoisotopic (exact) mass is 246 g/mol. The van der Waals surface area contributed by atoms with Crippen LogP contribution in [0.3, 0.4) is 0 Å². The van der Waals surface area contributed by atoms with Gasteiger partial charge in [0.25, 0.3) is 0 Å². The van der Waals surface area contributed by atoms with Gasteiger partial charge in [-0.25, -0.2) is 0 Å². The first-order chi connectivity index (χ1) is 7.15. The van der Waals surface area contributed by atoms with Crippen molar-refractivity contribution in [2.45, 2.75) is 55.0 Å². The third kappa shape index (κ3) is 4.41. The summed E-state index contributed by atoms with van der Waals surface area (Å²) in [6, 6.07) is 0. The second-order valence-corrected chi connectivity index (χ2v) is 7.24. The van der Waals surface area contributed by atoms with Crippen molar-refractivity contribution in [3.63, 3.8) is 0 Å². The second-order valence-electron chi connectivity index (χ2n) is 4.21. The molecule has 0 aliphatic carbocycles. The number of hydrogen-bond donors (Lipinski definition) is 1. The Morgan fingerprint density at radius 3 is 2.80 bits per heavy atom. The molecule has 1 rings (SSSR count). The minimum Gasteiger partial charge on any atom is -0.392 e. The predicted molar refractivity (Wildman–Crippen MR) is 72.8 cm³/mol. The lowest BCUT2D eigenvalue weighted by Gasteiger charge is -2.33. The fraction of sp³-hybridized carbons (Fsp3) is 0.833. The molecular formula is C12H22OS2. The number of aliphatic hydroxyl groups is 1. The molecule has 0 amide bonds. The van der Waals surface area contributed by atoms with Crippen molar-refractivity contribution in [1.82, 2.24) is 0 Å². The number of unbranched alkanes of at least 4 members (excludes halogenated alkanes) is 1. The van der Waals surface area contributed by atoms with Crippen molar-refractivity contribution in [3.05, 3.63) is 12.7 Å². The Morgan fingerprint density at radius 1 is 1.47 bits per heavy atom. The van der Waals surface area contributed by atoms with Crippen LogP contribution in [0.25, 0.3) is 0 Å². The Balaban J connectivity index is 2.27. The third-order valence-corrected chi connectivity index (χ3v) is 6.45. The van der Waals surface area contributed by atoms with Crippen molar-refractivity contribution in [1.29, 1.82) is 0 Å². The van der Waals surface area contributed by atoms with Crippen molar-refractivity contribution in [2.75, 3.05) is 5.75 Å². The molecule has 1 nitrogen and oxygen atoms in total. The van der Waals surface area contributed by atoms with Crippen LogP contribution in [0.15, 0.2) is 12.7 Å². The highest BCUT2D eigenvalue weighted by Gasteiger charge is 2.29. The first kappa shape index (κ1) is 13.5. The number of aliphatic hydroxyl groups excluding tert-OH is 1. The number of hydrogen-bond acceptors (Lipinski definition) is 3. The number of thioether (sulfide) groups is 2. The zero-order valence-electron chi connectivity index (χ0n) is 9.69. The molecule has 1 fully saturated rings. The van der Waals surface area contributed by atoms with Gasteiger partial charge in [0, 0.05) is 21.5 Å². The summed E-state index contributed by atoms with van der Waals surface area (Å²) in [5.74, 6) is 1.10. The van der Waals surface area contributed by atoms with Gasteiger partial charge in [-0.1, -0.05) is 19.9 Å². The van der Waals surface area contributed by atoms with Crippen LogP contribution in [0.4, 0.5) is 0 Å². The lowest BCUT2D eigenvalue weighted by molar-refractivity contribution is 0.164. The summed E-state index contributed by atoms with van der Waals surface area (Å²) in [6.45, 7) is 8.25. The minimum atomic E-state index is -0.127. The fourth-order valence-electron chi connectivity index (χ4n) is 1.67. The van der Waals surface area contributed by atoms with E-state index in [0.29, 0.717) is 10.5 Å². The van der Waals surface area contributed by atoms with Gasteiger partial charge in [-0.2, -0.15) is 23.5 Å². The molecule has 0 aromatic carbocycles. The van der Waals surface area contributed by atoms with Gasteiger partial charge in [-0.05, 0) is 19.3 Å². The van der Waals surface area contributed by atoms with Gasteiger partial charge in [-0.15, -0.1) is 6.58 Å². The molecule has 1 saturated heterocycles. The van der Waals surface area contributed by atoms with Crippen LogP contribution in [0.5, 0.6) is 0 Å². The average Bonchev–Trinajstić information content (AvgIpc) is 2.22. The van der Waals surface area contributed by atoms with Crippen molar-refractivity contribution in [2.24, 2.45) is 0 Å². The van der Waals surface area contributed by atoms with Crippen LogP contribution >= 0.6 is 23.5 Å². The molecule has 88 valence electrons. The van der Waals surface area contributed by atoms with Crippen LogP contribution in [0, 0.1) is 0 Å². The Kier molecular flexibility index (Phi) is 6.17. The van der Waals surface area contributed by atoms with Crippen LogP contribution in [-0.4, -0.2) is 32.7 Å². The zero-order valence-corrected chi connectivity index (χ0v) is 11.3. The van der Waals surface area contributed by atoms with E-state index < -0.39 is 0 Å². The minimum absolute atomic E-state index is 0.127. The normalized spacial score (nSPS) is 33.7. The quantitative estimate of drug-likeness (QED) is 0.593. The lowest BCUT2D eigenvalue weighted by Crippen LogP contribution is -2.34. The maximum absolute atomic E-state index is 10.0. The number of rotatable bonds is 5. The van der Waals surface area contributed by atoms with Crippen molar-refractivity contribution >= 4 is 23.5 Å². The van der Waals surface area contributed by atoms with Gasteiger partial charge in [-0.3, -0.25) is 0 Å². The van der Waals surface area contributed by atoms with Crippen molar-refractivity contribution in [3.8, 4) is 0 Å². The van der Waals surface area contributed by atoms with Gasteiger partial charge < -0.3 is 5.11 Å². The highest BCUT2D eigenvalue weighted by atomic mass is 32.2. The van der Waals surface area contributed by atoms with Gasteiger partial charge in [0.15, 0.2) is 0 Å². The standard InChI is InChI=1S/C12H22OS2/c1-4-5-6-7-11(13)12-8-14-9(2)10(3)15-12/h4,9-13H,1,5-8H2,2-3H3. The molecule has 4 atom stereocenters. The highest BCUT2D eigenvalue weighted by molar-refractivity contribution is 8.07. The molecule has 1 heterocycles. The summed E-state index contributed by atoms with van der Waals surface area (Å²) in [4.78, 5) is 0. The van der Waals surface area contributed by atoms with Gasteiger partial charge in [0.05, 0.1) is 6.10 Å². The largest absolute Gasteiger partial charge is 0.392 e. The van der Waals surface area contributed by atoms with Crippen LogP contribution in [0.2, 0.25) is 0 Å². The second kappa shape index (κ2) is 6.87. The Bertz CT molecular complexity index is 196. The third-order valence-electron chi connectivity index (χ3n) is 2.91. The molecule has 15 heavy (non-hydrogen) atoms. The SMILES string of the molecule is C=CCCCC(O)C1CSC(C)C(C)S1. The molecule has 3 heteroatoms. The average molecular weight is 246 g/mol. The summed E-state index contributed by atoms with van der Waals surface area (Å²) in [5.41, 5.74) is 0. The first-order valence-corrected chi connectivity index (χ1v) is 7.70. The van der Waals surface area contributed by atoms with Crippen LogP contribution in [0.1, 0.15) is 33.1 Å². The summed E-state index contributed by atoms with van der Waals surface area (Å²) in [7, 11) is 0. The van der Waals surface area contributed by atoms with Crippen molar-refractivity contribution < 1.29 is 5.11 Å². The summed E-state index contributed by atoms with van der Waals surface area (Å²) < 4.78 is 0. The molecule has 0 aromatic rings. The molecular weight excluding hydrogens is 224 g/mol. The Morgan fingerprint density at radius 2 is 2.20 bits per heavy atom. The topological polar surface area (TPSA) is 20.2 Å². The molecule has 0 saturated carbocycles. The maximum Gasteiger partial charge on any atom is 0.0667 e. The van der Waals surface area contributed by atoms with E-state index in [9.17, 15) is 5.11 Å². The molecule has 1 aliphatic rings. The number of allylic oxidation sites excluding steroid dienone is 1. The van der Waals surface area contributed by atoms with E-state index >= 15 is 0 Å². The van der Waals surface area contributed by atoms with Crippen LogP contribution in [-0.2, 0) is 0 Å². The van der Waals surface area contributed by atoms with E-state index in [1.165, 1.54) is 0 Å². The fourth-order valence-corrected chi connectivity index (χ4v) is 4.72. The van der Waals surface area contributed by atoms with Gasteiger partial charge >= 0.3 is 0 Å². The highest BCUT2D eigenvalue weighted by Crippen LogP contribution is 2.37. The molecule has 0 bridgehead atoms. The molecule has 0 aromatic heterocycles. The van der Waals surface area contributed by atoms with E-state index in [4.69, 9.17) is 0 Å². The van der Waals surface area contributed by atoms with E-state index in [-0.39, 0.29) is 6.10 Å². The Hall–Kier alpha value is 0.400. The predicted octanol–water partition coefficient (Wildman–Crippen LogP) is 3.33. The van der Waals surface area contributed by atoms with E-state index in [1.807, 2.05) is 29.6 Å². The maximum atomic E-state index is 10.0. The van der Waals surface area contributed by atoms with Crippen LogP contribution < -0.4 is 0 Å². The Labute approximate surface area is 102 Å². The van der Waals surface area contributed by atoms with Gasteiger partial charge in [0.2, 0.25) is 0 Å². The van der Waals surface area contributed by atoms with E-state index in [0.717, 1.165) is 30.3 Å². The summed E-state index contributed by atoms with van der Waals surface area (Å²) in [6.07, 6.45) is 4.81. The van der Waals surface area contributed by atoms with Gasteiger partial charge in [0.1, 0.15) is 0 Å². The molecule has 0 radical (unpaired) electrons. The summed E-state index contributed by atoms with van der Waals surface area (Å²) in [5, 5.41) is 11.9. The molecule has 1 aliphatic heterocycles. The van der Waals surface area contributed by atoms with E-state index in [1.54, 1.807) is 0 Å². The molecule has 0 spiro atoms. The lowest BCUT2D eigenvalue weighted by atomic mass is 10.1. The first-order valence-electron chi connectivity index (χ1n) is 5.71. The molecule has 4 unspecified atom stereocenters. The smallest absolute Gasteiger partial charge is 0.0667 e. The summed E-state index contributed by atoms with van der Waals surface area (Å²) >= 11 is 3.96. The molecule has 1 N–H and O–H groups in total. The zero-order chi connectivity index (χ0) is 11.3. The van der Waals surface area contributed by atoms with E-state index in [2.05, 4.69) is 20.4 Å².